The zero-order chi connectivity index (χ0) is 15.5. The number of nitrogens with one attached hydrogen (secondary N) is 2. The average Bonchev–Trinajstić information content (AvgIpc) is 3.04. The predicted molar refractivity (Wildman–Crippen MR) is 81.7 cm³/mol. The molecular weight excluding hydrogens is 310 g/mol. The molecule has 0 spiro atoms. The standard InChI is InChI=1S/C13H19N3O3S2/c1-4-10-6-15-13(19-10)8-16-21(17,18)12-5-11(7-14-3)20-9(12)2/h5-6,14,16H,4,7-8H2,1-3H3. The summed E-state index contributed by atoms with van der Waals surface area (Å²) in [6, 6.07) is 1.70. The molecule has 0 atom stereocenters. The van der Waals surface area contributed by atoms with Gasteiger partial charge in [0.05, 0.1) is 17.6 Å². The highest BCUT2D eigenvalue weighted by atomic mass is 32.2. The van der Waals surface area contributed by atoms with Crippen LogP contribution in [-0.2, 0) is 29.5 Å². The quantitative estimate of drug-likeness (QED) is 0.809. The van der Waals surface area contributed by atoms with Crippen molar-refractivity contribution in [2.45, 2.75) is 38.3 Å². The summed E-state index contributed by atoms with van der Waals surface area (Å²) in [4.78, 5) is 6.12. The monoisotopic (exact) mass is 329 g/mol. The van der Waals surface area contributed by atoms with Gasteiger partial charge in [0.15, 0.2) is 0 Å². The van der Waals surface area contributed by atoms with Crippen LogP contribution in [0.5, 0.6) is 0 Å². The number of nitrogens with zero attached hydrogens (tertiary/aromatic N) is 1. The van der Waals surface area contributed by atoms with Crippen LogP contribution in [0.15, 0.2) is 21.6 Å². The number of rotatable bonds is 7. The minimum atomic E-state index is -3.55. The van der Waals surface area contributed by atoms with Crippen LogP contribution in [0, 0.1) is 6.92 Å². The normalized spacial score (nSPS) is 12.0. The lowest BCUT2D eigenvalue weighted by Crippen LogP contribution is -2.23. The topological polar surface area (TPSA) is 84.2 Å². The van der Waals surface area contributed by atoms with E-state index in [1.807, 2.05) is 14.0 Å². The van der Waals surface area contributed by atoms with Crippen molar-refractivity contribution in [2.24, 2.45) is 0 Å². The van der Waals surface area contributed by atoms with Crippen LogP contribution in [0.3, 0.4) is 0 Å². The van der Waals surface area contributed by atoms with Crippen LogP contribution in [-0.4, -0.2) is 20.4 Å². The van der Waals surface area contributed by atoms with Gasteiger partial charge in [0.2, 0.25) is 15.9 Å². The lowest BCUT2D eigenvalue weighted by Gasteiger charge is -2.03. The molecule has 0 aliphatic heterocycles. The van der Waals surface area contributed by atoms with Gasteiger partial charge in [0, 0.05) is 22.7 Å². The van der Waals surface area contributed by atoms with Crippen LogP contribution in [0.25, 0.3) is 0 Å². The van der Waals surface area contributed by atoms with Gasteiger partial charge in [0.25, 0.3) is 0 Å². The summed E-state index contributed by atoms with van der Waals surface area (Å²) in [5.74, 6) is 1.12. The second kappa shape index (κ2) is 6.69. The number of aromatic nitrogens is 1. The van der Waals surface area contributed by atoms with Gasteiger partial charge in [-0.25, -0.2) is 18.1 Å². The molecule has 0 saturated carbocycles. The Morgan fingerprint density at radius 3 is 2.76 bits per heavy atom. The molecule has 0 saturated heterocycles. The highest BCUT2D eigenvalue weighted by molar-refractivity contribution is 7.89. The van der Waals surface area contributed by atoms with Gasteiger partial charge in [-0.1, -0.05) is 6.92 Å². The van der Waals surface area contributed by atoms with Crippen LogP contribution >= 0.6 is 11.3 Å². The first-order chi connectivity index (χ1) is 9.96. The second-order valence-corrected chi connectivity index (χ2v) is 7.64. The van der Waals surface area contributed by atoms with Gasteiger partial charge in [-0.05, 0) is 20.0 Å². The van der Waals surface area contributed by atoms with Gasteiger partial charge < -0.3 is 9.73 Å². The Bertz CT molecular complexity index is 704. The Hall–Kier alpha value is -1.22. The van der Waals surface area contributed by atoms with E-state index in [0.29, 0.717) is 17.3 Å². The summed E-state index contributed by atoms with van der Waals surface area (Å²) in [6.07, 6.45) is 2.35. The Balaban J connectivity index is 2.10. The van der Waals surface area contributed by atoms with Gasteiger partial charge in [-0.15, -0.1) is 11.3 Å². The molecule has 0 radical (unpaired) electrons. The van der Waals surface area contributed by atoms with Crippen LogP contribution in [0.2, 0.25) is 0 Å². The highest BCUT2D eigenvalue weighted by Crippen LogP contribution is 2.25. The molecule has 8 heteroatoms. The van der Waals surface area contributed by atoms with Gasteiger partial charge in [-0.3, -0.25) is 0 Å². The summed E-state index contributed by atoms with van der Waals surface area (Å²) in [5, 5.41) is 3.01. The lowest BCUT2D eigenvalue weighted by molar-refractivity contribution is 0.452. The maximum Gasteiger partial charge on any atom is 0.242 e. The summed E-state index contributed by atoms with van der Waals surface area (Å²) in [5.41, 5.74) is 0. The van der Waals surface area contributed by atoms with E-state index in [-0.39, 0.29) is 6.54 Å². The first kappa shape index (κ1) is 16.2. The van der Waals surface area contributed by atoms with Crippen molar-refractivity contribution >= 4 is 21.4 Å². The summed E-state index contributed by atoms with van der Waals surface area (Å²) in [7, 11) is -1.72. The van der Waals surface area contributed by atoms with Crippen LogP contribution in [0.4, 0.5) is 0 Å². The number of hydrogen-bond acceptors (Lipinski definition) is 6. The van der Waals surface area contributed by atoms with Crippen LogP contribution < -0.4 is 10.0 Å². The van der Waals surface area contributed by atoms with E-state index >= 15 is 0 Å². The summed E-state index contributed by atoms with van der Waals surface area (Å²) < 4.78 is 32.6. The number of sulfonamides is 1. The van der Waals surface area contributed by atoms with Crippen LogP contribution in [0.1, 0.15) is 28.3 Å². The van der Waals surface area contributed by atoms with E-state index in [1.54, 1.807) is 19.2 Å². The molecule has 0 fully saturated rings. The molecule has 2 N–H and O–H groups in total. The third kappa shape index (κ3) is 3.91. The smallest absolute Gasteiger partial charge is 0.242 e. The molecule has 0 unspecified atom stereocenters. The van der Waals surface area contributed by atoms with Crippen molar-refractivity contribution in [1.29, 1.82) is 0 Å². The summed E-state index contributed by atoms with van der Waals surface area (Å²) in [6.45, 7) is 4.46. The molecular formula is C13H19N3O3S2. The van der Waals surface area contributed by atoms with E-state index in [0.717, 1.165) is 21.9 Å². The first-order valence-corrected chi connectivity index (χ1v) is 8.93. The molecule has 0 aliphatic rings. The zero-order valence-corrected chi connectivity index (χ0v) is 13.9. The zero-order valence-electron chi connectivity index (χ0n) is 12.3. The minimum absolute atomic E-state index is 0.0545. The predicted octanol–water partition coefficient (Wildman–Crippen LogP) is 1.80. The first-order valence-electron chi connectivity index (χ1n) is 6.63. The van der Waals surface area contributed by atoms with Gasteiger partial charge in [0.1, 0.15) is 5.76 Å². The molecule has 116 valence electrons. The largest absolute Gasteiger partial charge is 0.444 e. The lowest BCUT2D eigenvalue weighted by atomic mass is 10.4. The Morgan fingerprint density at radius 1 is 1.38 bits per heavy atom. The van der Waals surface area contributed by atoms with Crippen molar-refractivity contribution in [3.63, 3.8) is 0 Å². The fourth-order valence-electron chi connectivity index (χ4n) is 1.88. The molecule has 2 aromatic rings. The second-order valence-electron chi connectivity index (χ2n) is 4.56. The van der Waals surface area contributed by atoms with E-state index in [4.69, 9.17) is 4.42 Å². The van der Waals surface area contributed by atoms with Crippen molar-refractivity contribution in [3.8, 4) is 0 Å². The number of thiophene rings is 1. The summed E-state index contributed by atoms with van der Waals surface area (Å²) >= 11 is 1.47. The average molecular weight is 329 g/mol. The van der Waals surface area contributed by atoms with Crippen molar-refractivity contribution in [1.82, 2.24) is 15.0 Å². The fraction of sp³-hybridized carbons (Fsp3) is 0.462. The SMILES string of the molecule is CCc1cnc(CNS(=O)(=O)c2cc(CNC)sc2C)o1. The van der Waals surface area contributed by atoms with Crippen molar-refractivity contribution < 1.29 is 12.8 Å². The van der Waals surface area contributed by atoms with E-state index in [1.165, 1.54) is 11.3 Å². The third-order valence-electron chi connectivity index (χ3n) is 2.93. The fourth-order valence-corrected chi connectivity index (χ4v) is 4.50. The Kier molecular flexibility index (Phi) is 5.15. The van der Waals surface area contributed by atoms with E-state index in [9.17, 15) is 8.42 Å². The van der Waals surface area contributed by atoms with Gasteiger partial charge >= 0.3 is 0 Å². The molecule has 0 bridgehead atoms. The number of hydrogen-bond donors (Lipinski definition) is 2. The molecule has 0 amide bonds. The molecule has 0 aromatic carbocycles. The third-order valence-corrected chi connectivity index (χ3v) is 5.63. The Morgan fingerprint density at radius 2 is 2.14 bits per heavy atom. The van der Waals surface area contributed by atoms with Crippen molar-refractivity contribution in [3.05, 3.63) is 33.7 Å². The minimum Gasteiger partial charge on any atom is -0.444 e. The van der Waals surface area contributed by atoms with Crippen molar-refractivity contribution in [2.75, 3.05) is 7.05 Å². The highest BCUT2D eigenvalue weighted by Gasteiger charge is 2.20. The van der Waals surface area contributed by atoms with Gasteiger partial charge in [-0.2, -0.15) is 0 Å². The molecule has 21 heavy (non-hydrogen) atoms. The molecule has 2 rings (SSSR count). The van der Waals surface area contributed by atoms with E-state index < -0.39 is 10.0 Å². The number of aryl methyl sites for hydroxylation is 2. The number of oxazole rings is 1. The molecule has 6 nitrogen and oxygen atoms in total. The van der Waals surface area contributed by atoms with E-state index in [2.05, 4.69) is 15.0 Å². The molecule has 0 aliphatic carbocycles. The molecule has 2 heterocycles. The maximum atomic E-state index is 12.3. The maximum absolute atomic E-state index is 12.3. The Labute approximate surface area is 128 Å². The molecule has 2 aromatic heterocycles.